The van der Waals surface area contributed by atoms with Crippen LogP contribution in [0.4, 0.5) is 0 Å². The molecule has 1 heterocycles. The quantitative estimate of drug-likeness (QED) is 0.831. The summed E-state index contributed by atoms with van der Waals surface area (Å²) in [6.07, 6.45) is 2.02. The number of nitrogens with zero attached hydrogens (tertiary/aromatic N) is 2. The third-order valence-electron chi connectivity index (χ3n) is 2.61. The van der Waals surface area contributed by atoms with Crippen LogP contribution in [0.25, 0.3) is 5.69 Å². The highest BCUT2D eigenvalue weighted by Gasteiger charge is 2.10. The van der Waals surface area contributed by atoms with Gasteiger partial charge in [-0.3, -0.25) is 9.36 Å². The number of carbonyl (C=O) groups is 1. The second-order valence-corrected chi connectivity index (χ2v) is 5.82. The normalized spacial score (nSPS) is 10.9. The molecule has 0 saturated carbocycles. The monoisotopic (exact) mass is 306 g/mol. The van der Waals surface area contributed by atoms with Gasteiger partial charge in [-0.1, -0.05) is 11.8 Å². The SMILES string of the molecule is Cc1cn(-c2ccc(OC(C)C)cc2)c(SCC(=O)O)n1. The van der Waals surface area contributed by atoms with Crippen LogP contribution in [-0.4, -0.2) is 32.5 Å². The van der Waals surface area contributed by atoms with Crippen LogP contribution in [-0.2, 0) is 4.79 Å². The number of imidazole rings is 1. The van der Waals surface area contributed by atoms with E-state index < -0.39 is 5.97 Å². The van der Waals surface area contributed by atoms with E-state index in [1.54, 1.807) is 0 Å². The Bertz CT molecular complexity index is 620. The van der Waals surface area contributed by atoms with E-state index in [0.717, 1.165) is 17.1 Å². The molecule has 0 atom stereocenters. The van der Waals surface area contributed by atoms with Gasteiger partial charge >= 0.3 is 5.97 Å². The second kappa shape index (κ2) is 6.67. The maximum atomic E-state index is 10.7. The van der Waals surface area contributed by atoms with Gasteiger partial charge in [0.1, 0.15) is 5.75 Å². The van der Waals surface area contributed by atoms with E-state index in [1.807, 2.05) is 55.8 Å². The molecule has 0 aliphatic heterocycles. The van der Waals surface area contributed by atoms with Crippen LogP contribution < -0.4 is 4.74 Å². The highest BCUT2D eigenvalue weighted by atomic mass is 32.2. The van der Waals surface area contributed by atoms with Gasteiger partial charge < -0.3 is 9.84 Å². The molecule has 0 amide bonds. The van der Waals surface area contributed by atoms with Gasteiger partial charge in [0.2, 0.25) is 0 Å². The third kappa shape index (κ3) is 4.26. The Morgan fingerprint density at radius 1 is 1.38 bits per heavy atom. The van der Waals surface area contributed by atoms with E-state index in [-0.39, 0.29) is 11.9 Å². The van der Waals surface area contributed by atoms with Crippen LogP contribution >= 0.6 is 11.8 Å². The maximum Gasteiger partial charge on any atom is 0.313 e. The molecule has 0 radical (unpaired) electrons. The molecule has 0 aliphatic carbocycles. The first-order valence-corrected chi connectivity index (χ1v) is 7.62. The fourth-order valence-electron chi connectivity index (χ4n) is 1.85. The Kier molecular flexibility index (Phi) is 4.90. The fourth-order valence-corrected chi connectivity index (χ4v) is 2.60. The molecule has 5 nitrogen and oxygen atoms in total. The van der Waals surface area contributed by atoms with Crippen molar-refractivity contribution in [2.24, 2.45) is 0 Å². The molecule has 2 aromatic rings. The van der Waals surface area contributed by atoms with E-state index in [0.29, 0.717) is 5.16 Å². The molecule has 0 unspecified atom stereocenters. The lowest BCUT2D eigenvalue weighted by molar-refractivity contribution is -0.133. The summed E-state index contributed by atoms with van der Waals surface area (Å²) in [7, 11) is 0. The zero-order valence-corrected chi connectivity index (χ0v) is 13.1. The molecule has 2 rings (SSSR count). The molecule has 0 fully saturated rings. The second-order valence-electron chi connectivity index (χ2n) is 4.88. The van der Waals surface area contributed by atoms with Gasteiger partial charge in [-0.15, -0.1) is 0 Å². The minimum Gasteiger partial charge on any atom is -0.491 e. The van der Waals surface area contributed by atoms with E-state index in [1.165, 1.54) is 11.8 Å². The molecule has 112 valence electrons. The summed E-state index contributed by atoms with van der Waals surface area (Å²) in [4.78, 5) is 15.1. The first-order valence-electron chi connectivity index (χ1n) is 6.63. The van der Waals surface area contributed by atoms with Crippen LogP contribution in [0.3, 0.4) is 0 Å². The number of aliphatic carboxylic acids is 1. The lowest BCUT2D eigenvalue weighted by atomic mass is 10.3. The maximum absolute atomic E-state index is 10.7. The summed E-state index contributed by atoms with van der Waals surface area (Å²) in [6.45, 7) is 5.85. The number of thioether (sulfide) groups is 1. The van der Waals surface area contributed by atoms with Crippen molar-refractivity contribution in [1.29, 1.82) is 0 Å². The van der Waals surface area contributed by atoms with Crippen LogP contribution in [0.15, 0.2) is 35.6 Å². The first-order chi connectivity index (χ1) is 9.95. The number of aromatic nitrogens is 2. The Morgan fingerprint density at radius 2 is 2.05 bits per heavy atom. The molecule has 0 bridgehead atoms. The average molecular weight is 306 g/mol. The summed E-state index contributed by atoms with van der Waals surface area (Å²) in [5.41, 5.74) is 1.78. The predicted molar refractivity (Wildman–Crippen MR) is 82.4 cm³/mol. The Morgan fingerprint density at radius 3 is 2.62 bits per heavy atom. The summed E-state index contributed by atoms with van der Waals surface area (Å²) in [5, 5.41) is 9.46. The Labute approximate surface area is 128 Å². The summed E-state index contributed by atoms with van der Waals surface area (Å²) in [5.74, 6) is -0.0523. The van der Waals surface area contributed by atoms with Gasteiger partial charge in [0.05, 0.1) is 17.6 Å². The fraction of sp³-hybridized carbons (Fsp3) is 0.333. The summed E-state index contributed by atoms with van der Waals surface area (Å²) in [6, 6.07) is 7.67. The van der Waals surface area contributed by atoms with E-state index in [4.69, 9.17) is 9.84 Å². The molecule has 0 spiro atoms. The van der Waals surface area contributed by atoms with Crippen LogP contribution in [0, 0.1) is 6.92 Å². The molecular formula is C15H18N2O3S. The summed E-state index contributed by atoms with van der Waals surface area (Å²) < 4.78 is 7.50. The van der Waals surface area contributed by atoms with Crippen molar-refractivity contribution in [3.63, 3.8) is 0 Å². The molecule has 1 aromatic heterocycles. The van der Waals surface area contributed by atoms with Crippen molar-refractivity contribution >= 4 is 17.7 Å². The Balaban J connectivity index is 2.22. The van der Waals surface area contributed by atoms with Crippen LogP contribution in [0.2, 0.25) is 0 Å². The Hall–Kier alpha value is -1.95. The number of aryl methyl sites for hydroxylation is 1. The number of carboxylic acid groups (broad SMARTS) is 1. The number of carboxylic acids is 1. The predicted octanol–water partition coefficient (Wildman–Crippen LogP) is 3.14. The number of hydrogen-bond acceptors (Lipinski definition) is 4. The van der Waals surface area contributed by atoms with Gasteiger partial charge in [-0.05, 0) is 45.0 Å². The molecule has 1 N–H and O–H groups in total. The largest absolute Gasteiger partial charge is 0.491 e. The van der Waals surface area contributed by atoms with Crippen molar-refractivity contribution in [2.45, 2.75) is 32.0 Å². The molecule has 0 aliphatic rings. The number of rotatable bonds is 6. The van der Waals surface area contributed by atoms with Gasteiger partial charge in [0, 0.05) is 11.9 Å². The number of benzene rings is 1. The molecule has 21 heavy (non-hydrogen) atoms. The topological polar surface area (TPSA) is 64.3 Å². The van der Waals surface area contributed by atoms with Gasteiger partial charge in [0.15, 0.2) is 5.16 Å². The standard InChI is InChI=1S/C15H18N2O3S/c1-10(2)20-13-6-4-12(5-7-13)17-8-11(3)16-15(17)21-9-14(18)19/h4-8,10H,9H2,1-3H3,(H,18,19). The smallest absolute Gasteiger partial charge is 0.313 e. The molecule has 1 aromatic carbocycles. The lowest BCUT2D eigenvalue weighted by Gasteiger charge is -2.11. The minimum absolute atomic E-state index is 0.00893. The van der Waals surface area contributed by atoms with E-state index in [9.17, 15) is 4.79 Å². The lowest BCUT2D eigenvalue weighted by Crippen LogP contribution is -2.05. The van der Waals surface area contributed by atoms with E-state index in [2.05, 4.69) is 4.98 Å². The zero-order valence-electron chi connectivity index (χ0n) is 12.2. The highest BCUT2D eigenvalue weighted by Crippen LogP contribution is 2.23. The van der Waals surface area contributed by atoms with Crippen molar-refractivity contribution in [3.8, 4) is 11.4 Å². The minimum atomic E-state index is -0.854. The van der Waals surface area contributed by atoms with Crippen molar-refractivity contribution in [3.05, 3.63) is 36.2 Å². The van der Waals surface area contributed by atoms with Gasteiger partial charge in [-0.2, -0.15) is 0 Å². The van der Waals surface area contributed by atoms with Crippen LogP contribution in [0.5, 0.6) is 5.75 Å². The third-order valence-corrected chi connectivity index (χ3v) is 3.54. The van der Waals surface area contributed by atoms with Gasteiger partial charge in [-0.25, -0.2) is 4.98 Å². The molecule has 0 saturated heterocycles. The van der Waals surface area contributed by atoms with Crippen LogP contribution in [0.1, 0.15) is 19.5 Å². The number of hydrogen-bond donors (Lipinski definition) is 1. The highest BCUT2D eigenvalue weighted by molar-refractivity contribution is 7.99. The zero-order chi connectivity index (χ0) is 15.4. The summed E-state index contributed by atoms with van der Waals surface area (Å²) >= 11 is 1.21. The number of ether oxygens (including phenoxy) is 1. The van der Waals surface area contributed by atoms with E-state index >= 15 is 0 Å². The average Bonchev–Trinajstić information content (AvgIpc) is 2.78. The van der Waals surface area contributed by atoms with Crippen molar-refractivity contribution in [2.75, 3.05) is 5.75 Å². The van der Waals surface area contributed by atoms with Crippen molar-refractivity contribution < 1.29 is 14.6 Å². The van der Waals surface area contributed by atoms with Crippen molar-refractivity contribution in [1.82, 2.24) is 9.55 Å². The molecular weight excluding hydrogens is 288 g/mol. The van der Waals surface area contributed by atoms with Gasteiger partial charge in [0.25, 0.3) is 0 Å². The first kappa shape index (κ1) is 15.4. The molecule has 6 heteroatoms.